The van der Waals surface area contributed by atoms with Gasteiger partial charge in [0.15, 0.2) is 0 Å². The quantitative estimate of drug-likeness (QED) is 0.708. The molecule has 0 aliphatic heterocycles. The highest BCUT2D eigenvalue weighted by Crippen LogP contribution is 2.19. The molecule has 1 heterocycles. The van der Waals surface area contributed by atoms with Gasteiger partial charge in [-0.25, -0.2) is 0 Å². The molecule has 0 spiro atoms. The van der Waals surface area contributed by atoms with E-state index in [2.05, 4.69) is 17.2 Å². The van der Waals surface area contributed by atoms with Crippen molar-refractivity contribution < 1.29 is 9.53 Å². The SMILES string of the molecule is CCC(N)Cc1nc(C)ccc1OCCCC(=O)NC. The number of hydrogen-bond donors (Lipinski definition) is 2. The Bertz CT molecular complexity index is 435. The minimum Gasteiger partial charge on any atom is -0.492 e. The van der Waals surface area contributed by atoms with Crippen LogP contribution in [0.25, 0.3) is 0 Å². The minimum atomic E-state index is 0.0314. The molecule has 0 aliphatic rings. The van der Waals surface area contributed by atoms with Crippen LogP contribution < -0.4 is 15.8 Å². The molecule has 112 valence electrons. The predicted molar refractivity (Wildman–Crippen MR) is 79.7 cm³/mol. The summed E-state index contributed by atoms with van der Waals surface area (Å²) in [7, 11) is 1.64. The first kappa shape index (κ1) is 16.4. The Hall–Kier alpha value is -1.62. The number of rotatable bonds is 8. The van der Waals surface area contributed by atoms with Crippen LogP contribution in [0.1, 0.15) is 37.6 Å². The van der Waals surface area contributed by atoms with Gasteiger partial charge in [-0.05, 0) is 31.9 Å². The summed E-state index contributed by atoms with van der Waals surface area (Å²) in [5.74, 6) is 0.806. The Morgan fingerprint density at radius 2 is 2.25 bits per heavy atom. The molecule has 5 nitrogen and oxygen atoms in total. The number of carbonyl (C=O) groups is 1. The van der Waals surface area contributed by atoms with Crippen LogP contribution in [0.3, 0.4) is 0 Å². The van der Waals surface area contributed by atoms with Crippen LogP contribution in [0, 0.1) is 6.92 Å². The zero-order valence-electron chi connectivity index (χ0n) is 12.6. The maximum Gasteiger partial charge on any atom is 0.219 e. The Morgan fingerprint density at radius 1 is 1.50 bits per heavy atom. The van der Waals surface area contributed by atoms with Crippen LogP contribution in [-0.4, -0.2) is 30.6 Å². The van der Waals surface area contributed by atoms with Gasteiger partial charge in [0, 0.05) is 31.6 Å². The van der Waals surface area contributed by atoms with Crippen molar-refractivity contribution in [2.75, 3.05) is 13.7 Å². The molecule has 0 aliphatic carbocycles. The molecule has 3 N–H and O–H groups in total. The molecule has 0 saturated heterocycles. The van der Waals surface area contributed by atoms with Gasteiger partial charge in [0.25, 0.3) is 0 Å². The number of nitrogens with zero attached hydrogens (tertiary/aromatic N) is 1. The smallest absolute Gasteiger partial charge is 0.219 e. The lowest BCUT2D eigenvalue weighted by Crippen LogP contribution is -2.22. The Morgan fingerprint density at radius 3 is 2.90 bits per heavy atom. The molecular formula is C15H25N3O2. The van der Waals surface area contributed by atoms with Crippen molar-refractivity contribution in [2.24, 2.45) is 5.73 Å². The molecule has 0 aromatic carbocycles. The van der Waals surface area contributed by atoms with E-state index in [0.717, 1.165) is 23.6 Å². The van der Waals surface area contributed by atoms with Gasteiger partial charge in [-0.15, -0.1) is 0 Å². The fourth-order valence-corrected chi connectivity index (χ4v) is 1.81. The number of nitrogens with one attached hydrogen (secondary N) is 1. The van der Waals surface area contributed by atoms with Crippen LogP contribution >= 0.6 is 0 Å². The summed E-state index contributed by atoms with van der Waals surface area (Å²) < 4.78 is 5.73. The summed E-state index contributed by atoms with van der Waals surface area (Å²) in [5.41, 5.74) is 7.85. The molecule has 0 radical (unpaired) electrons. The Kier molecular flexibility index (Phi) is 7.01. The molecule has 20 heavy (non-hydrogen) atoms. The van der Waals surface area contributed by atoms with E-state index >= 15 is 0 Å². The summed E-state index contributed by atoms with van der Waals surface area (Å²) in [6.07, 6.45) is 2.78. The van der Waals surface area contributed by atoms with Gasteiger partial charge in [0.2, 0.25) is 5.91 Å². The summed E-state index contributed by atoms with van der Waals surface area (Å²) >= 11 is 0. The Labute approximate surface area is 120 Å². The van der Waals surface area contributed by atoms with Crippen LogP contribution in [0.15, 0.2) is 12.1 Å². The first-order valence-corrected chi connectivity index (χ1v) is 7.12. The van der Waals surface area contributed by atoms with Crippen LogP contribution in [0.4, 0.5) is 0 Å². The fraction of sp³-hybridized carbons (Fsp3) is 0.600. The van der Waals surface area contributed by atoms with Gasteiger partial charge in [0.1, 0.15) is 5.75 Å². The fourth-order valence-electron chi connectivity index (χ4n) is 1.81. The highest BCUT2D eigenvalue weighted by molar-refractivity contribution is 5.75. The highest BCUT2D eigenvalue weighted by atomic mass is 16.5. The van der Waals surface area contributed by atoms with Gasteiger partial charge >= 0.3 is 0 Å². The largest absolute Gasteiger partial charge is 0.492 e. The number of pyridine rings is 1. The van der Waals surface area contributed by atoms with Crippen molar-refractivity contribution in [1.29, 1.82) is 0 Å². The molecule has 0 bridgehead atoms. The summed E-state index contributed by atoms with van der Waals surface area (Å²) in [6.45, 7) is 4.52. The second-order valence-electron chi connectivity index (χ2n) is 4.90. The zero-order valence-corrected chi connectivity index (χ0v) is 12.6. The number of amides is 1. The van der Waals surface area contributed by atoms with E-state index in [4.69, 9.17) is 10.5 Å². The van der Waals surface area contributed by atoms with Crippen molar-refractivity contribution in [2.45, 2.75) is 45.6 Å². The van der Waals surface area contributed by atoms with E-state index in [0.29, 0.717) is 25.9 Å². The number of ether oxygens (including phenoxy) is 1. The van der Waals surface area contributed by atoms with Gasteiger partial charge in [-0.3, -0.25) is 9.78 Å². The molecule has 1 amide bonds. The van der Waals surface area contributed by atoms with Crippen molar-refractivity contribution >= 4 is 5.91 Å². The van der Waals surface area contributed by atoms with Gasteiger partial charge in [0.05, 0.1) is 12.3 Å². The molecule has 5 heteroatoms. The van der Waals surface area contributed by atoms with E-state index in [-0.39, 0.29) is 11.9 Å². The summed E-state index contributed by atoms with van der Waals surface area (Å²) in [4.78, 5) is 15.6. The topological polar surface area (TPSA) is 77.2 Å². The third kappa shape index (κ3) is 5.57. The average molecular weight is 279 g/mol. The zero-order chi connectivity index (χ0) is 15.0. The van der Waals surface area contributed by atoms with Crippen molar-refractivity contribution in [3.8, 4) is 5.75 Å². The van der Waals surface area contributed by atoms with Crippen molar-refractivity contribution in [3.05, 3.63) is 23.5 Å². The molecular weight excluding hydrogens is 254 g/mol. The lowest BCUT2D eigenvalue weighted by Gasteiger charge is -2.14. The van der Waals surface area contributed by atoms with E-state index < -0.39 is 0 Å². The van der Waals surface area contributed by atoms with Crippen LogP contribution in [0.5, 0.6) is 5.75 Å². The molecule has 1 aromatic rings. The second kappa shape index (κ2) is 8.53. The summed E-state index contributed by atoms with van der Waals surface area (Å²) in [5, 5.41) is 2.59. The highest BCUT2D eigenvalue weighted by Gasteiger charge is 2.10. The lowest BCUT2D eigenvalue weighted by atomic mass is 10.1. The van der Waals surface area contributed by atoms with Gasteiger partial charge in [-0.1, -0.05) is 6.92 Å². The number of aromatic nitrogens is 1. The van der Waals surface area contributed by atoms with E-state index in [1.54, 1.807) is 7.05 Å². The predicted octanol–water partition coefficient (Wildman–Crippen LogP) is 1.57. The Balaban J connectivity index is 2.57. The van der Waals surface area contributed by atoms with E-state index in [9.17, 15) is 4.79 Å². The lowest BCUT2D eigenvalue weighted by molar-refractivity contribution is -0.120. The van der Waals surface area contributed by atoms with Gasteiger partial charge in [-0.2, -0.15) is 0 Å². The standard InChI is InChI=1S/C15H25N3O2/c1-4-12(16)10-13-14(8-7-11(2)18-13)20-9-5-6-15(19)17-3/h7-8,12H,4-6,9-10,16H2,1-3H3,(H,17,19). The first-order valence-electron chi connectivity index (χ1n) is 7.12. The molecule has 0 fully saturated rings. The molecule has 1 atom stereocenters. The van der Waals surface area contributed by atoms with Crippen LogP contribution in [-0.2, 0) is 11.2 Å². The molecule has 1 unspecified atom stereocenters. The maximum atomic E-state index is 11.1. The van der Waals surface area contributed by atoms with E-state index in [1.165, 1.54) is 0 Å². The first-order chi connectivity index (χ1) is 9.56. The van der Waals surface area contributed by atoms with Crippen molar-refractivity contribution in [1.82, 2.24) is 10.3 Å². The van der Waals surface area contributed by atoms with E-state index in [1.807, 2.05) is 19.1 Å². The van der Waals surface area contributed by atoms with Crippen molar-refractivity contribution in [3.63, 3.8) is 0 Å². The molecule has 0 saturated carbocycles. The number of aryl methyl sites for hydroxylation is 1. The number of carbonyl (C=O) groups excluding carboxylic acids is 1. The average Bonchev–Trinajstić information content (AvgIpc) is 2.44. The third-order valence-electron chi connectivity index (χ3n) is 3.14. The number of nitrogens with two attached hydrogens (primary N) is 1. The van der Waals surface area contributed by atoms with Gasteiger partial charge < -0.3 is 15.8 Å². The van der Waals surface area contributed by atoms with Crippen LogP contribution in [0.2, 0.25) is 0 Å². The number of hydrogen-bond acceptors (Lipinski definition) is 4. The monoisotopic (exact) mass is 279 g/mol. The minimum absolute atomic E-state index is 0.0314. The normalized spacial score (nSPS) is 12.0. The maximum absolute atomic E-state index is 11.1. The molecule has 1 rings (SSSR count). The third-order valence-corrected chi connectivity index (χ3v) is 3.14. The molecule has 1 aromatic heterocycles. The summed E-state index contributed by atoms with van der Waals surface area (Å²) in [6, 6.07) is 3.95. The second-order valence-corrected chi connectivity index (χ2v) is 4.90.